The Morgan fingerprint density at radius 1 is 1.35 bits per heavy atom. The monoisotopic (exact) mass is 312 g/mol. The first-order chi connectivity index (χ1) is 11.2. The summed E-state index contributed by atoms with van der Waals surface area (Å²) in [7, 11) is 0. The molecule has 23 heavy (non-hydrogen) atoms. The van der Waals surface area contributed by atoms with Gasteiger partial charge in [0.25, 0.3) is 5.91 Å². The molecule has 2 aliphatic rings. The first kappa shape index (κ1) is 14.5. The van der Waals surface area contributed by atoms with Crippen LogP contribution in [-0.4, -0.2) is 29.7 Å². The number of aromatic nitrogens is 1. The van der Waals surface area contributed by atoms with Crippen LogP contribution in [0.4, 0.5) is 0 Å². The van der Waals surface area contributed by atoms with Crippen LogP contribution in [0.2, 0.25) is 0 Å². The smallest absolute Gasteiger partial charge is 0.256 e. The maximum atomic E-state index is 12.7. The van der Waals surface area contributed by atoms with E-state index in [9.17, 15) is 9.59 Å². The van der Waals surface area contributed by atoms with Gasteiger partial charge < -0.3 is 14.6 Å². The number of hydrogen-bond donors (Lipinski definition) is 1. The van der Waals surface area contributed by atoms with Crippen molar-refractivity contribution in [3.05, 3.63) is 45.7 Å². The minimum atomic E-state index is -0.299. The molecule has 0 unspecified atom stereocenters. The molecule has 5 heteroatoms. The zero-order valence-electron chi connectivity index (χ0n) is 13.0. The molecule has 1 aromatic heterocycles. The molecule has 2 aliphatic heterocycles. The van der Waals surface area contributed by atoms with E-state index in [1.165, 1.54) is 5.56 Å². The predicted octanol–water partition coefficient (Wildman–Crippen LogP) is 1.86. The SMILES string of the molecule is O=C(NC[C@H]1CCCO1)c1cn2c3c(cccc3c1=O)CCC2. The Kier molecular flexibility index (Phi) is 3.65. The van der Waals surface area contributed by atoms with E-state index in [2.05, 4.69) is 16.0 Å². The van der Waals surface area contributed by atoms with Crippen molar-refractivity contribution in [2.24, 2.45) is 0 Å². The van der Waals surface area contributed by atoms with Crippen molar-refractivity contribution in [3.8, 4) is 0 Å². The lowest BCUT2D eigenvalue weighted by Gasteiger charge is -2.20. The fourth-order valence-corrected chi connectivity index (χ4v) is 3.62. The summed E-state index contributed by atoms with van der Waals surface area (Å²) in [6.07, 6.45) is 5.82. The van der Waals surface area contributed by atoms with E-state index in [0.717, 1.165) is 44.4 Å². The average molecular weight is 312 g/mol. The second-order valence-electron chi connectivity index (χ2n) is 6.33. The third-order valence-electron chi connectivity index (χ3n) is 4.79. The summed E-state index contributed by atoms with van der Waals surface area (Å²) in [5.41, 5.74) is 2.23. The molecule has 1 amide bonds. The minimum Gasteiger partial charge on any atom is -0.376 e. The van der Waals surface area contributed by atoms with Gasteiger partial charge in [0.1, 0.15) is 5.56 Å². The number of ether oxygens (including phenoxy) is 1. The number of pyridine rings is 1. The number of rotatable bonds is 3. The molecule has 1 atom stereocenters. The van der Waals surface area contributed by atoms with Crippen molar-refractivity contribution in [1.82, 2.24) is 9.88 Å². The van der Waals surface area contributed by atoms with Crippen LogP contribution in [0.25, 0.3) is 10.9 Å². The molecule has 1 aromatic carbocycles. The first-order valence-electron chi connectivity index (χ1n) is 8.29. The summed E-state index contributed by atoms with van der Waals surface area (Å²) < 4.78 is 7.56. The Hall–Kier alpha value is -2.14. The number of carbonyl (C=O) groups is 1. The lowest BCUT2D eigenvalue weighted by Crippen LogP contribution is -2.35. The van der Waals surface area contributed by atoms with Crippen LogP contribution < -0.4 is 10.7 Å². The summed E-state index contributed by atoms with van der Waals surface area (Å²) in [4.78, 5) is 25.2. The summed E-state index contributed by atoms with van der Waals surface area (Å²) in [6, 6.07) is 5.79. The Labute approximate surface area is 134 Å². The van der Waals surface area contributed by atoms with Gasteiger partial charge >= 0.3 is 0 Å². The normalized spacial score (nSPS) is 19.9. The van der Waals surface area contributed by atoms with Crippen LogP contribution in [0.1, 0.15) is 35.2 Å². The highest BCUT2D eigenvalue weighted by molar-refractivity contribution is 5.97. The van der Waals surface area contributed by atoms with Crippen LogP contribution in [-0.2, 0) is 17.7 Å². The van der Waals surface area contributed by atoms with Gasteiger partial charge in [0.15, 0.2) is 0 Å². The van der Waals surface area contributed by atoms with E-state index >= 15 is 0 Å². The van der Waals surface area contributed by atoms with Crippen LogP contribution in [0.5, 0.6) is 0 Å². The summed E-state index contributed by atoms with van der Waals surface area (Å²) in [5.74, 6) is -0.299. The highest BCUT2D eigenvalue weighted by Gasteiger charge is 2.21. The highest BCUT2D eigenvalue weighted by atomic mass is 16.5. The third-order valence-corrected chi connectivity index (χ3v) is 4.79. The van der Waals surface area contributed by atoms with Crippen molar-refractivity contribution in [1.29, 1.82) is 0 Å². The van der Waals surface area contributed by atoms with Crippen molar-refractivity contribution >= 4 is 16.8 Å². The third kappa shape index (κ3) is 2.55. The molecule has 1 N–H and O–H groups in total. The molecular weight excluding hydrogens is 292 g/mol. The first-order valence-corrected chi connectivity index (χ1v) is 8.29. The lowest BCUT2D eigenvalue weighted by molar-refractivity contribution is 0.0856. The van der Waals surface area contributed by atoms with Gasteiger partial charge in [0.2, 0.25) is 5.43 Å². The number of carbonyl (C=O) groups excluding carboxylic acids is 1. The summed E-state index contributed by atoms with van der Waals surface area (Å²) in [6.45, 7) is 2.07. The van der Waals surface area contributed by atoms with Gasteiger partial charge in [-0.1, -0.05) is 12.1 Å². The highest BCUT2D eigenvalue weighted by Crippen LogP contribution is 2.23. The molecule has 0 aliphatic carbocycles. The average Bonchev–Trinajstić information content (AvgIpc) is 3.09. The second kappa shape index (κ2) is 5.81. The van der Waals surface area contributed by atoms with Crippen molar-refractivity contribution in [2.45, 2.75) is 38.3 Å². The van der Waals surface area contributed by atoms with Crippen molar-refractivity contribution in [3.63, 3.8) is 0 Å². The van der Waals surface area contributed by atoms with Gasteiger partial charge in [0, 0.05) is 31.3 Å². The molecule has 3 heterocycles. The molecule has 4 rings (SSSR count). The van der Waals surface area contributed by atoms with Crippen LogP contribution >= 0.6 is 0 Å². The largest absolute Gasteiger partial charge is 0.376 e. The summed E-state index contributed by atoms with van der Waals surface area (Å²) >= 11 is 0. The quantitative estimate of drug-likeness (QED) is 0.941. The standard InChI is InChI=1S/C18H20N2O3/c21-17-14-7-1-4-12-5-2-8-20(16(12)14)11-15(17)18(22)19-10-13-6-3-9-23-13/h1,4,7,11,13H,2-3,5-6,8-10H2,(H,19,22)/t13-/m1/s1. The van der Waals surface area contributed by atoms with Crippen LogP contribution in [0.3, 0.4) is 0 Å². The molecule has 1 fully saturated rings. The van der Waals surface area contributed by atoms with Gasteiger partial charge in [-0.25, -0.2) is 0 Å². The molecule has 5 nitrogen and oxygen atoms in total. The number of hydrogen-bond acceptors (Lipinski definition) is 3. The molecule has 1 saturated heterocycles. The number of aryl methyl sites for hydroxylation is 2. The maximum Gasteiger partial charge on any atom is 0.256 e. The van der Waals surface area contributed by atoms with Crippen molar-refractivity contribution in [2.75, 3.05) is 13.2 Å². The molecule has 2 aromatic rings. The molecule has 0 saturated carbocycles. The van der Waals surface area contributed by atoms with Gasteiger partial charge in [-0.15, -0.1) is 0 Å². The van der Waals surface area contributed by atoms with Gasteiger partial charge in [-0.2, -0.15) is 0 Å². The Morgan fingerprint density at radius 3 is 3.09 bits per heavy atom. The molecule has 0 bridgehead atoms. The Morgan fingerprint density at radius 2 is 2.26 bits per heavy atom. The van der Waals surface area contributed by atoms with Crippen molar-refractivity contribution < 1.29 is 9.53 Å². The molecule has 0 radical (unpaired) electrons. The number of benzene rings is 1. The van der Waals surface area contributed by atoms with E-state index in [1.807, 2.05) is 12.1 Å². The molecule has 0 spiro atoms. The summed E-state index contributed by atoms with van der Waals surface area (Å²) in [5, 5.41) is 3.50. The maximum absolute atomic E-state index is 12.7. The Balaban J connectivity index is 1.68. The fraction of sp³-hybridized carbons (Fsp3) is 0.444. The lowest BCUT2D eigenvalue weighted by atomic mass is 10.00. The van der Waals surface area contributed by atoms with Gasteiger partial charge in [-0.3, -0.25) is 9.59 Å². The van der Waals surface area contributed by atoms with E-state index in [1.54, 1.807) is 6.20 Å². The van der Waals surface area contributed by atoms with E-state index < -0.39 is 0 Å². The van der Waals surface area contributed by atoms with E-state index in [0.29, 0.717) is 11.9 Å². The topological polar surface area (TPSA) is 60.3 Å². The minimum absolute atomic E-state index is 0.0760. The second-order valence-corrected chi connectivity index (χ2v) is 6.33. The molecular formula is C18H20N2O3. The number of amides is 1. The van der Waals surface area contributed by atoms with E-state index in [4.69, 9.17) is 4.74 Å². The van der Waals surface area contributed by atoms with Gasteiger partial charge in [-0.05, 0) is 37.3 Å². The number of para-hydroxylation sites is 1. The van der Waals surface area contributed by atoms with Gasteiger partial charge in [0.05, 0.1) is 11.6 Å². The Bertz CT molecular complexity index is 819. The zero-order valence-corrected chi connectivity index (χ0v) is 13.0. The fourth-order valence-electron chi connectivity index (χ4n) is 3.62. The predicted molar refractivity (Wildman–Crippen MR) is 87.8 cm³/mol. The van der Waals surface area contributed by atoms with Crippen LogP contribution in [0, 0.1) is 0 Å². The van der Waals surface area contributed by atoms with Crippen LogP contribution in [0.15, 0.2) is 29.2 Å². The number of nitrogens with one attached hydrogen (secondary N) is 1. The number of nitrogens with zero attached hydrogens (tertiary/aromatic N) is 1. The zero-order chi connectivity index (χ0) is 15.8. The van der Waals surface area contributed by atoms with E-state index in [-0.39, 0.29) is 23.0 Å². The molecule has 120 valence electrons.